The highest BCUT2D eigenvalue weighted by molar-refractivity contribution is 7.98. The summed E-state index contributed by atoms with van der Waals surface area (Å²) in [6, 6.07) is 0. The van der Waals surface area contributed by atoms with Crippen molar-refractivity contribution in [2.45, 2.75) is 13.8 Å². The quantitative estimate of drug-likeness (QED) is 0.476. The third kappa shape index (κ3) is 1.06. The highest BCUT2D eigenvalue weighted by Crippen LogP contribution is 2.34. The maximum Gasteiger partial charge on any atom is 0.238 e. The number of nitrogens with zero attached hydrogens (tertiary/aromatic N) is 1. The molecule has 0 aliphatic carbocycles. The van der Waals surface area contributed by atoms with Gasteiger partial charge in [-0.15, -0.1) is 0 Å². The molecule has 1 saturated heterocycles. The van der Waals surface area contributed by atoms with E-state index in [1.807, 2.05) is 20.9 Å². The molecule has 1 aliphatic rings. The molecule has 1 rings (SSSR count). The summed E-state index contributed by atoms with van der Waals surface area (Å²) in [5, 5.41) is 0. The normalized spacial score (nSPS) is 25.2. The molecule has 0 aromatic heterocycles. The summed E-state index contributed by atoms with van der Waals surface area (Å²) in [4.78, 5) is 11.1. The smallest absolute Gasteiger partial charge is 0.238 e. The molecule has 0 bridgehead atoms. The Morgan fingerprint density at radius 1 is 1.67 bits per heavy atom. The lowest BCUT2D eigenvalue weighted by Crippen LogP contribution is -2.27. The molecule has 1 heterocycles. The van der Waals surface area contributed by atoms with Gasteiger partial charge in [-0.2, -0.15) is 0 Å². The van der Waals surface area contributed by atoms with Crippen LogP contribution in [0.2, 0.25) is 0 Å². The molecule has 2 nitrogen and oxygen atoms in total. The lowest BCUT2D eigenvalue weighted by Gasteiger charge is -2.12. The van der Waals surface area contributed by atoms with E-state index >= 15 is 0 Å². The first-order chi connectivity index (χ1) is 4.04. The highest BCUT2D eigenvalue weighted by Gasteiger charge is 2.37. The summed E-state index contributed by atoms with van der Waals surface area (Å²) in [7, 11) is 1.82. The lowest BCUT2D eigenvalue weighted by molar-refractivity contribution is -0.131. The fourth-order valence-corrected chi connectivity index (χ4v) is 1.81. The predicted molar refractivity (Wildman–Crippen MR) is 39.0 cm³/mol. The van der Waals surface area contributed by atoms with Gasteiger partial charge in [-0.1, -0.05) is 13.8 Å². The van der Waals surface area contributed by atoms with Gasteiger partial charge in [0.25, 0.3) is 0 Å². The molecule has 0 aromatic carbocycles. The van der Waals surface area contributed by atoms with Gasteiger partial charge in [0.05, 0.1) is 5.41 Å². The van der Waals surface area contributed by atoms with Crippen LogP contribution < -0.4 is 0 Å². The Hall–Kier alpha value is -0.180. The summed E-state index contributed by atoms with van der Waals surface area (Å²) in [6.07, 6.45) is 0. The van der Waals surface area contributed by atoms with E-state index in [1.54, 1.807) is 16.3 Å². The summed E-state index contributed by atoms with van der Waals surface area (Å²) in [6.45, 7) is 3.96. The second-order valence-corrected chi connectivity index (χ2v) is 4.05. The van der Waals surface area contributed by atoms with Crippen LogP contribution in [0.1, 0.15) is 13.8 Å². The molecular formula is C6H11NOS. The van der Waals surface area contributed by atoms with E-state index in [2.05, 4.69) is 0 Å². The maximum atomic E-state index is 11.1. The van der Waals surface area contributed by atoms with Crippen molar-refractivity contribution in [2.24, 2.45) is 5.41 Å². The Labute approximate surface area is 59.7 Å². The van der Waals surface area contributed by atoms with Gasteiger partial charge >= 0.3 is 0 Å². The van der Waals surface area contributed by atoms with E-state index in [0.29, 0.717) is 0 Å². The minimum absolute atomic E-state index is 0.126. The van der Waals surface area contributed by atoms with Crippen LogP contribution in [0.15, 0.2) is 0 Å². The van der Waals surface area contributed by atoms with Gasteiger partial charge < -0.3 is 0 Å². The Balaban J connectivity index is 2.74. The van der Waals surface area contributed by atoms with Crippen LogP contribution >= 0.6 is 11.9 Å². The van der Waals surface area contributed by atoms with Gasteiger partial charge in [-0.05, 0) is 11.9 Å². The molecule has 9 heavy (non-hydrogen) atoms. The van der Waals surface area contributed by atoms with E-state index in [0.717, 1.165) is 5.75 Å². The molecular weight excluding hydrogens is 134 g/mol. The second kappa shape index (κ2) is 1.90. The zero-order chi connectivity index (χ0) is 7.07. The average Bonchev–Trinajstić information content (AvgIpc) is 1.97. The molecule has 3 heteroatoms. The molecule has 0 radical (unpaired) electrons. The predicted octanol–water partition coefficient (Wildman–Crippen LogP) is 1.13. The molecule has 1 amide bonds. The first-order valence-corrected chi connectivity index (χ1v) is 3.89. The van der Waals surface area contributed by atoms with Crippen molar-refractivity contribution in [3.63, 3.8) is 0 Å². The van der Waals surface area contributed by atoms with E-state index in [9.17, 15) is 4.79 Å². The second-order valence-electron chi connectivity index (χ2n) is 2.96. The monoisotopic (exact) mass is 145 g/mol. The minimum Gasteiger partial charge on any atom is -0.289 e. The van der Waals surface area contributed by atoms with E-state index < -0.39 is 0 Å². The summed E-state index contributed by atoms with van der Waals surface area (Å²) >= 11 is 1.60. The topological polar surface area (TPSA) is 20.3 Å². The fourth-order valence-electron chi connectivity index (χ4n) is 0.805. The minimum atomic E-state index is -0.126. The van der Waals surface area contributed by atoms with Crippen molar-refractivity contribution in [1.29, 1.82) is 0 Å². The molecule has 0 unspecified atom stereocenters. The number of amides is 1. The summed E-state index contributed by atoms with van der Waals surface area (Å²) in [5.74, 6) is 1.16. The number of carbonyl (C=O) groups is 1. The van der Waals surface area contributed by atoms with Crippen LogP contribution in [0.4, 0.5) is 0 Å². The van der Waals surface area contributed by atoms with Gasteiger partial charge in [0, 0.05) is 12.8 Å². The van der Waals surface area contributed by atoms with Gasteiger partial charge in [-0.25, -0.2) is 0 Å². The average molecular weight is 145 g/mol. The van der Waals surface area contributed by atoms with Gasteiger partial charge in [0.15, 0.2) is 0 Å². The van der Waals surface area contributed by atoms with Crippen LogP contribution in [-0.2, 0) is 4.79 Å². The molecule has 0 aromatic rings. The van der Waals surface area contributed by atoms with Crippen LogP contribution in [0.5, 0.6) is 0 Å². The molecule has 0 atom stereocenters. The van der Waals surface area contributed by atoms with Crippen molar-refractivity contribution >= 4 is 17.9 Å². The largest absolute Gasteiger partial charge is 0.289 e. The lowest BCUT2D eigenvalue weighted by atomic mass is 9.96. The van der Waals surface area contributed by atoms with Crippen molar-refractivity contribution in [3.05, 3.63) is 0 Å². The molecule has 0 saturated carbocycles. The molecule has 0 N–H and O–H groups in total. The van der Waals surface area contributed by atoms with Crippen molar-refractivity contribution < 1.29 is 4.79 Å². The van der Waals surface area contributed by atoms with E-state index in [-0.39, 0.29) is 11.3 Å². The Kier molecular flexibility index (Phi) is 1.47. The number of hydrogen-bond acceptors (Lipinski definition) is 2. The van der Waals surface area contributed by atoms with E-state index in [1.165, 1.54) is 0 Å². The standard InChI is InChI=1S/C6H11NOS/c1-6(2)4-9-7(3)5(6)8/h4H2,1-3H3. The van der Waals surface area contributed by atoms with Crippen LogP contribution in [0.25, 0.3) is 0 Å². The first-order valence-electron chi connectivity index (χ1n) is 2.95. The SMILES string of the molecule is CN1SCC(C)(C)C1=O. The Morgan fingerprint density at radius 3 is 2.33 bits per heavy atom. The van der Waals surface area contributed by atoms with E-state index in [4.69, 9.17) is 0 Å². The van der Waals surface area contributed by atoms with Crippen molar-refractivity contribution in [2.75, 3.05) is 12.8 Å². The summed E-state index contributed by atoms with van der Waals surface area (Å²) in [5.41, 5.74) is -0.126. The van der Waals surface area contributed by atoms with Gasteiger partial charge in [0.1, 0.15) is 0 Å². The summed E-state index contributed by atoms with van der Waals surface area (Å²) < 4.78 is 1.71. The third-order valence-corrected chi connectivity index (χ3v) is 2.89. The van der Waals surface area contributed by atoms with Crippen LogP contribution in [0, 0.1) is 5.41 Å². The Morgan fingerprint density at radius 2 is 2.22 bits per heavy atom. The molecule has 1 aliphatic heterocycles. The van der Waals surface area contributed by atoms with Gasteiger partial charge in [-0.3, -0.25) is 9.10 Å². The van der Waals surface area contributed by atoms with Crippen LogP contribution in [-0.4, -0.2) is 23.0 Å². The number of hydrogen-bond donors (Lipinski definition) is 0. The molecule has 0 spiro atoms. The molecule has 1 fully saturated rings. The fraction of sp³-hybridized carbons (Fsp3) is 0.833. The maximum absolute atomic E-state index is 11.1. The van der Waals surface area contributed by atoms with Gasteiger partial charge in [0.2, 0.25) is 5.91 Å². The Bertz CT molecular complexity index is 144. The van der Waals surface area contributed by atoms with Crippen molar-refractivity contribution in [3.8, 4) is 0 Å². The number of carbonyl (C=O) groups excluding carboxylic acids is 1. The van der Waals surface area contributed by atoms with Crippen LogP contribution in [0.3, 0.4) is 0 Å². The first kappa shape index (κ1) is 6.93. The zero-order valence-electron chi connectivity index (χ0n) is 5.97. The number of rotatable bonds is 0. The molecule has 52 valence electrons. The highest BCUT2D eigenvalue weighted by atomic mass is 32.2. The third-order valence-electron chi connectivity index (χ3n) is 1.48. The van der Waals surface area contributed by atoms with Crippen molar-refractivity contribution in [1.82, 2.24) is 4.31 Å². The zero-order valence-corrected chi connectivity index (χ0v) is 6.79.